The number of aromatic nitrogens is 5. The minimum Gasteiger partial charge on any atom is -0.657 e. The third-order valence-corrected chi connectivity index (χ3v) is 16.4. The van der Waals surface area contributed by atoms with E-state index in [4.69, 9.17) is 29.4 Å². The number of rotatable bonds is 15. The molecule has 0 saturated heterocycles. The van der Waals surface area contributed by atoms with Crippen molar-refractivity contribution in [2.45, 2.75) is 52.5 Å². The molecule has 1 amide bonds. The second kappa shape index (κ2) is 24.0. The number of amides is 1. The van der Waals surface area contributed by atoms with Gasteiger partial charge in [-0.1, -0.05) is 24.3 Å². The number of pyridine rings is 3. The second-order valence-corrected chi connectivity index (χ2v) is 22.1. The third-order valence-electron chi connectivity index (χ3n) is 16.4. The third kappa shape index (κ3) is 11.3. The standard InChI is InChI=1S/C71H64N10O3.Mn/c1-45-55-44-81(41-32-53(55)46(2)71-66(45)54-43-52(83-6)16-17-56(54)77-71)34-9-7-8-11-65(82)72-33-10-42-84-51-14-12-47(13-15-51)67-57-18-20-59(73-57)68(48-26-35-78(3)36-27-48)61-22-24-63(75-61)70(50-30-39-80(5)40-31-50)64-25-23-62(76-64)69(60-21-19-58(67)74-60)49-28-37-79(4)38-29-49;/h12-32,35-41,43-44H,7-11,33-34,42H2,1-6H3;/q;+2/p+2. The van der Waals surface area contributed by atoms with Crippen LogP contribution in [0, 0.1) is 13.8 Å². The van der Waals surface area contributed by atoms with Crippen molar-refractivity contribution in [3.8, 4) is 11.5 Å². The van der Waals surface area contributed by atoms with E-state index in [1.165, 1.54) is 38.2 Å². The van der Waals surface area contributed by atoms with Crippen LogP contribution in [-0.4, -0.2) is 60.2 Å². The molecule has 0 spiro atoms. The first kappa shape index (κ1) is 56.0. The predicted octanol–water partition coefficient (Wildman–Crippen LogP) is 11.4. The van der Waals surface area contributed by atoms with E-state index in [1.54, 1.807) is 7.11 Å². The van der Waals surface area contributed by atoms with E-state index in [2.05, 4.69) is 194 Å². The van der Waals surface area contributed by atoms with Crippen LogP contribution in [0.15, 0.2) is 226 Å². The Morgan fingerprint density at radius 3 is 1.82 bits per heavy atom. The molecule has 1 radical (unpaired) electrons. The number of hydrogen-bond acceptors (Lipinski definition) is 7. The number of benzene rings is 3. The van der Waals surface area contributed by atoms with Crippen molar-refractivity contribution in [3.05, 3.63) is 251 Å². The van der Waals surface area contributed by atoms with Crippen LogP contribution in [-0.2, 0) is 42.5 Å². The number of carbonyl (C=O) groups excluding carboxylic acids is 1. The summed E-state index contributed by atoms with van der Waals surface area (Å²) < 4.78 is 18.2. The van der Waals surface area contributed by atoms with E-state index in [1.807, 2.05) is 53.4 Å². The number of aromatic amines is 1. The summed E-state index contributed by atoms with van der Waals surface area (Å²) in [5.74, 6) is 1.67. The van der Waals surface area contributed by atoms with Gasteiger partial charge in [-0.25, -0.2) is 28.7 Å². The normalized spacial score (nSPS) is 15.3. The smallest absolute Gasteiger partial charge is 0.657 e. The fraction of sp³-hybridized carbons (Fsp3) is 0.197. The van der Waals surface area contributed by atoms with Gasteiger partial charge in [-0.2, -0.15) is 0 Å². The zero-order valence-electron chi connectivity index (χ0n) is 48.7. The van der Waals surface area contributed by atoms with Crippen LogP contribution in [0.3, 0.4) is 0 Å². The Kier molecular flexibility index (Phi) is 15.8. The molecule has 0 unspecified atom stereocenters. The number of allylic oxidation sites excluding steroid dienone is 11. The van der Waals surface area contributed by atoms with E-state index < -0.39 is 0 Å². The Hall–Kier alpha value is -9.49. The van der Waals surface area contributed by atoms with Crippen molar-refractivity contribution in [1.29, 1.82) is 0 Å². The van der Waals surface area contributed by atoms with Gasteiger partial charge in [-0.05, 0) is 162 Å². The number of methoxy groups -OCH3 is 1. The van der Waals surface area contributed by atoms with Crippen molar-refractivity contribution in [2.75, 3.05) is 27.3 Å². The average Bonchev–Trinajstić information content (AvgIpc) is 3.03. The number of aliphatic imine (C=N–C) groups is 3. The number of ether oxygens (including phenoxy) is 2. The first-order valence-corrected chi connectivity index (χ1v) is 28.9. The molecule has 5 aromatic heterocycles. The van der Waals surface area contributed by atoms with Crippen LogP contribution in [0.25, 0.3) is 49.3 Å². The minimum absolute atomic E-state index is 0. The maximum Gasteiger partial charge on any atom is 2.00 e. The van der Waals surface area contributed by atoms with E-state index in [-0.39, 0.29) is 23.0 Å². The molecule has 10 heterocycles. The van der Waals surface area contributed by atoms with Gasteiger partial charge in [0.15, 0.2) is 37.2 Å². The molecule has 5 aliphatic heterocycles. The van der Waals surface area contributed by atoms with Gasteiger partial charge in [-0.3, -0.25) is 4.79 Å². The van der Waals surface area contributed by atoms with Crippen LogP contribution in [0.4, 0.5) is 0 Å². The van der Waals surface area contributed by atoms with Crippen molar-refractivity contribution in [3.63, 3.8) is 0 Å². The molecular formula is C71H66MnN10O3+4. The fourth-order valence-corrected chi connectivity index (χ4v) is 11.9. The van der Waals surface area contributed by atoms with E-state index in [0.29, 0.717) is 26.0 Å². The molecule has 8 bridgehead atoms. The molecule has 85 heavy (non-hydrogen) atoms. The van der Waals surface area contributed by atoms with Gasteiger partial charge in [0, 0.05) is 102 Å². The summed E-state index contributed by atoms with van der Waals surface area (Å²) in [6.45, 7) is 6.32. The van der Waals surface area contributed by atoms with Gasteiger partial charge in [0.1, 0.15) is 32.1 Å². The van der Waals surface area contributed by atoms with Crippen molar-refractivity contribution in [2.24, 2.45) is 29.1 Å². The van der Waals surface area contributed by atoms with Gasteiger partial charge in [0.05, 0.1) is 53.5 Å². The maximum atomic E-state index is 12.9. The molecule has 0 aliphatic carbocycles. The Balaban J connectivity index is 0.00000709. The largest absolute Gasteiger partial charge is 2.00 e. The van der Waals surface area contributed by atoms with E-state index in [0.717, 1.165) is 133 Å². The number of nitrogens with one attached hydrogen (secondary N) is 2. The molecule has 8 aromatic rings. The molecule has 3 aromatic carbocycles. The first-order valence-electron chi connectivity index (χ1n) is 28.9. The molecule has 14 heteroatoms. The number of fused-ring (bicyclic) bond motifs is 9. The summed E-state index contributed by atoms with van der Waals surface area (Å²) in [5, 5.41) is 8.06. The van der Waals surface area contributed by atoms with Crippen LogP contribution in [0.1, 0.15) is 71.3 Å². The monoisotopic (exact) mass is 1160 g/mol. The quantitative estimate of drug-likeness (QED) is 0.0600. The van der Waals surface area contributed by atoms with Gasteiger partial charge in [0.2, 0.25) is 5.91 Å². The van der Waals surface area contributed by atoms with Crippen molar-refractivity contribution < 1.29 is 45.0 Å². The Morgan fingerprint density at radius 1 is 0.612 bits per heavy atom. The van der Waals surface area contributed by atoms with E-state index >= 15 is 0 Å². The fourth-order valence-electron chi connectivity index (χ4n) is 11.9. The maximum absolute atomic E-state index is 12.9. The number of carbonyl (C=O) groups is 1. The molecule has 421 valence electrons. The van der Waals surface area contributed by atoms with E-state index in [9.17, 15) is 4.79 Å². The topological polar surface area (TPSA) is 129 Å². The van der Waals surface area contributed by atoms with Gasteiger partial charge >= 0.3 is 17.1 Å². The zero-order valence-corrected chi connectivity index (χ0v) is 49.8. The first-order chi connectivity index (χ1) is 41.0. The zero-order chi connectivity index (χ0) is 57.4. The van der Waals surface area contributed by atoms with Gasteiger partial charge in [0.25, 0.3) is 0 Å². The van der Waals surface area contributed by atoms with Crippen LogP contribution >= 0.6 is 0 Å². The SMILES string of the molecule is COc1ccc2[nH]c3c(C)c4cc[n+](CCCCCC(=O)NCCCOc5ccc(C6=C7C=CC(=N7)C(=C7C=CN(C)C=C7)C7=NC(=C(c8cc[n+](C)cc8)c8ccc([n-]8)C(c8cc[n+](C)cc8)=C8C=CC6=N8)C=C7)cc5)cc4c(C)c3c2c1.[Mn+2]. The summed E-state index contributed by atoms with van der Waals surface area (Å²) in [6.07, 6.45) is 37.5. The number of H-pyrrole nitrogens is 1. The molecule has 0 saturated carbocycles. The van der Waals surface area contributed by atoms with Crippen LogP contribution in [0.5, 0.6) is 11.5 Å². The summed E-state index contributed by atoms with van der Waals surface area (Å²) in [5.41, 5.74) is 18.9. The molecule has 13 rings (SSSR count). The van der Waals surface area contributed by atoms with Crippen molar-refractivity contribution >= 4 is 72.3 Å². The number of unbranched alkanes of at least 4 members (excludes halogenated alkanes) is 2. The predicted molar refractivity (Wildman–Crippen MR) is 334 cm³/mol. The molecule has 2 N–H and O–H groups in total. The molecular weight excluding hydrogens is 1100 g/mol. The molecule has 0 atom stereocenters. The van der Waals surface area contributed by atoms with Crippen molar-refractivity contribution in [1.82, 2.24) is 20.2 Å². The number of nitrogens with zero attached hydrogens (tertiary/aromatic N) is 8. The summed E-state index contributed by atoms with van der Waals surface area (Å²) >= 11 is 0. The Bertz CT molecular complexity index is 4390. The summed E-state index contributed by atoms with van der Waals surface area (Å²) in [4.78, 5) is 40.3. The minimum atomic E-state index is 0. The average molecular weight is 1160 g/mol. The van der Waals surface area contributed by atoms with Crippen LogP contribution in [0.2, 0.25) is 0 Å². The van der Waals surface area contributed by atoms with Gasteiger partial charge in [-0.15, -0.1) is 11.4 Å². The van der Waals surface area contributed by atoms with Gasteiger partial charge < -0.3 is 29.7 Å². The second-order valence-electron chi connectivity index (χ2n) is 22.1. The van der Waals surface area contributed by atoms with Crippen LogP contribution < -0.4 is 33.5 Å². The number of aryl methyl sites for hydroxylation is 5. The summed E-state index contributed by atoms with van der Waals surface area (Å²) in [6, 6.07) is 29.3. The molecule has 5 aliphatic rings. The molecule has 0 fully saturated rings. The Labute approximate surface area is 505 Å². The summed E-state index contributed by atoms with van der Waals surface area (Å²) in [7, 11) is 7.77. The number of hydrogen-bond donors (Lipinski definition) is 2. The molecule has 13 nitrogen and oxygen atoms in total. The Morgan fingerprint density at radius 2 is 1.20 bits per heavy atom.